The van der Waals surface area contributed by atoms with Crippen LogP contribution in [0.5, 0.6) is 0 Å². The van der Waals surface area contributed by atoms with Gasteiger partial charge in [-0.3, -0.25) is 14.5 Å². The lowest BCUT2D eigenvalue weighted by Gasteiger charge is -2.49. The second kappa shape index (κ2) is 12.3. The molecule has 1 aromatic carbocycles. The van der Waals surface area contributed by atoms with Gasteiger partial charge in [-0.25, -0.2) is 0 Å². The Labute approximate surface area is 222 Å². The van der Waals surface area contributed by atoms with Gasteiger partial charge in [0.05, 0.1) is 18.1 Å². The van der Waals surface area contributed by atoms with Gasteiger partial charge in [0.25, 0.3) is 0 Å². The fourth-order valence-corrected chi connectivity index (χ4v) is 6.44. The number of carbonyl (C=O) groups is 2. The number of amides is 2. The summed E-state index contributed by atoms with van der Waals surface area (Å²) in [4.78, 5) is 33.4. The molecule has 2 aliphatic heterocycles. The van der Waals surface area contributed by atoms with E-state index in [1.165, 1.54) is 19.3 Å². The van der Waals surface area contributed by atoms with Crippen LogP contribution < -0.4 is 0 Å². The average molecular weight is 518 g/mol. The van der Waals surface area contributed by atoms with Crippen LogP contribution in [0.4, 0.5) is 0 Å². The smallest absolute Gasteiger partial charge is 0.236 e. The Bertz CT molecular complexity index is 886. The van der Waals surface area contributed by atoms with Crippen LogP contribution in [-0.2, 0) is 20.9 Å². The summed E-state index contributed by atoms with van der Waals surface area (Å²) in [5.74, 6) is 0.839. The van der Waals surface area contributed by atoms with E-state index in [1.807, 2.05) is 41.1 Å². The van der Waals surface area contributed by atoms with E-state index in [0.717, 1.165) is 44.2 Å². The molecule has 200 valence electrons. The molecular weight excluding hydrogens is 474 g/mol. The number of nitrogens with zero attached hydrogens (tertiary/aromatic N) is 3. The molecule has 3 aliphatic rings. The standard InChI is InChI=1S/C29H44ClN3O3/c1-22(2)20-36-26-16-29(28(35)33(18-26)17-23-10-12-24(30)13-11-23)14-7-15-32(21-29)19-27(34)31(3)25-8-5-4-6-9-25/h10-13,22,25-26H,4-9,14-21H2,1-3H3/t26-,29+/m0/s1. The molecule has 36 heavy (non-hydrogen) atoms. The second-order valence-electron chi connectivity index (χ2n) is 11.8. The van der Waals surface area contributed by atoms with Crippen molar-refractivity contribution >= 4 is 23.4 Å². The molecular formula is C29H44ClN3O3. The van der Waals surface area contributed by atoms with Gasteiger partial charge >= 0.3 is 0 Å². The topological polar surface area (TPSA) is 53.1 Å². The minimum absolute atomic E-state index is 0.0120. The summed E-state index contributed by atoms with van der Waals surface area (Å²) in [5, 5.41) is 0.698. The van der Waals surface area contributed by atoms with E-state index in [-0.39, 0.29) is 17.9 Å². The van der Waals surface area contributed by atoms with Crippen molar-refractivity contribution in [2.24, 2.45) is 11.3 Å². The van der Waals surface area contributed by atoms with Crippen molar-refractivity contribution in [3.05, 3.63) is 34.9 Å². The van der Waals surface area contributed by atoms with Crippen molar-refractivity contribution in [3.63, 3.8) is 0 Å². The molecule has 0 N–H and O–H groups in total. The van der Waals surface area contributed by atoms with Crippen LogP contribution in [0.25, 0.3) is 0 Å². The first-order valence-corrected chi connectivity index (χ1v) is 14.3. The molecule has 0 aromatic heterocycles. The molecule has 1 aliphatic carbocycles. The van der Waals surface area contributed by atoms with Crippen molar-refractivity contribution in [2.75, 3.05) is 39.8 Å². The van der Waals surface area contributed by atoms with Gasteiger partial charge in [0.15, 0.2) is 0 Å². The van der Waals surface area contributed by atoms with Gasteiger partial charge in [-0.1, -0.05) is 56.8 Å². The van der Waals surface area contributed by atoms with E-state index in [1.54, 1.807) is 0 Å². The molecule has 2 heterocycles. The number of halogens is 1. The normalized spacial score (nSPS) is 26.1. The summed E-state index contributed by atoms with van der Waals surface area (Å²) in [6.07, 6.45) is 8.46. The molecule has 3 fully saturated rings. The predicted octanol–water partition coefficient (Wildman–Crippen LogP) is 4.99. The number of hydrogen-bond donors (Lipinski definition) is 0. The van der Waals surface area contributed by atoms with Crippen molar-refractivity contribution in [2.45, 2.75) is 83.9 Å². The maximum Gasteiger partial charge on any atom is 0.236 e. The molecule has 2 amide bonds. The summed E-state index contributed by atoms with van der Waals surface area (Å²) in [5.41, 5.74) is 0.582. The van der Waals surface area contributed by atoms with Gasteiger partial charge < -0.3 is 14.5 Å². The fraction of sp³-hybridized carbons (Fsp3) is 0.724. The molecule has 0 bridgehead atoms. The molecule has 0 unspecified atom stereocenters. The third-order valence-electron chi connectivity index (χ3n) is 8.27. The number of piperidine rings is 2. The van der Waals surface area contributed by atoms with Gasteiger partial charge in [0, 0.05) is 44.4 Å². The quantitative estimate of drug-likeness (QED) is 0.487. The number of likely N-dealkylation sites (tertiary alicyclic amines) is 2. The largest absolute Gasteiger partial charge is 0.376 e. The Morgan fingerprint density at radius 2 is 1.89 bits per heavy atom. The van der Waals surface area contributed by atoms with Gasteiger partial charge in [0.1, 0.15) is 0 Å². The molecule has 2 saturated heterocycles. The first-order chi connectivity index (χ1) is 17.3. The highest BCUT2D eigenvalue weighted by Crippen LogP contribution is 2.41. The summed E-state index contributed by atoms with van der Waals surface area (Å²) in [6, 6.07) is 8.11. The van der Waals surface area contributed by atoms with Crippen LogP contribution in [0.3, 0.4) is 0 Å². The zero-order valence-corrected chi connectivity index (χ0v) is 23.1. The Balaban J connectivity index is 1.47. The summed E-state index contributed by atoms with van der Waals surface area (Å²) in [7, 11) is 1.97. The number of likely N-dealkylation sites (N-methyl/N-ethyl adjacent to an activating group) is 1. The summed E-state index contributed by atoms with van der Waals surface area (Å²) in [6.45, 7) is 8.08. The van der Waals surface area contributed by atoms with Gasteiger partial charge in [-0.2, -0.15) is 0 Å². The highest BCUT2D eigenvalue weighted by atomic mass is 35.5. The monoisotopic (exact) mass is 517 g/mol. The van der Waals surface area contributed by atoms with Crippen LogP contribution in [-0.4, -0.2) is 78.5 Å². The Morgan fingerprint density at radius 1 is 1.17 bits per heavy atom. The number of ether oxygens (including phenoxy) is 1. The van der Waals surface area contributed by atoms with Crippen molar-refractivity contribution < 1.29 is 14.3 Å². The number of hydrogen-bond acceptors (Lipinski definition) is 4. The maximum atomic E-state index is 14.0. The van der Waals surface area contributed by atoms with E-state index < -0.39 is 5.41 Å². The van der Waals surface area contributed by atoms with Gasteiger partial charge in [-0.05, 0) is 62.3 Å². The van der Waals surface area contributed by atoms with E-state index in [0.29, 0.717) is 49.8 Å². The highest BCUT2D eigenvalue weighted by molar-refractivity contribution is 6.30. The third-order valence-corrected chi connectivity index (χ3v) is 8.52. The van der Waals surface area contributed by atoms with Gasteiger partial charge in [-0.15, -0.1) is 0 Å². The van der Waals surface area contributed by atoms with E-state index in [4.69, 9.17) is 16.3 Å². The average Bonchev–Trinajstić information content (AvgIpc) is 2.87. The van der Waals surface area contributed by atoms with E-state index >= 15 is 0 Å². The molecule has 0 radical (unpaired) electrons. The van der Waals surface area contributed by atoms with Crippen molar-refractivity contribution in [1.82, 2.24) is 14.7 Å². The molecule has 1 aromatic rings. The predicted molar refractivity (Wildman–Crippen MR) is 144 cm³/mol. The Kier molecular flexibility index (Phi) is 9.35. The third kappa shape index (κ3) is 6.81. The highest BCUT2D eigenvalue weighted by Gasteiger charge is 2.50. The second-order valence-corrected chi connectivity index (χ2v) is 12.2. The molecule has 4 rings (SSSR count). The maximum absolute atomic E-state index is 14.0. The first-order valence-electron chi connectivity index (χ1n) is 13.9. The summed E-state index contributed by atoms with van der Waals surface area (Å²) >= 11 is 6.09. The van der Waals surface area contributed by atoms with Crippen molar-refractivity contribution in [1.29, 1.82) is 0 Å². The Morgan fingerprint density at radius 3 is 2.58 bits per heavy atom. The van der Waals surface area contributed by atoms with Crippen LogP contribution in [0.15, 0.2) is 24.3 Å². The molecule has 6 nitrogen and oxygen atoms in total. The number of rotatable bonds is 8. The summed E-state index contributed by atoms with van der Waals surface area (Å²) < 4.78 is 6.33. The van der Waals surface area contributed by atoms with Gasteiger partial charge in [0.2, 0.25) is 11.8 Å². The zero-order valence-electron chi connectivity index (χ0n) is 22.4. The lowest BCUT2D eigenvalue weighted by Crippen LogP contribution is -2.60. The Hall–Kier alpha value is -1.63. The van der Waals surface area contributed by atoms with Crippen molar-refractivity contribution in [3.8, 4) is 0 Å². The SMILES string of the molecule is CC(C)CO[C@@H]1CN(Cc2ccc(Cl)cc2)C(=O)[C@]2(CCCN(CC(=O)N(C)C3CCCCC3)C2)C1. The van der Waals surface area contributed by atoms with Crippen LogP contribution in [0, 0.1) is 11.3 Å². The van der Waals surface area contributed by atoms with E-state index in [9.17, 15) is 9.59 Å². The zero-order chi connectivity index (χ0) is 25.7. The number of carbonyl (C=O) groups excluding carboxylic acids is 2. The lowest BCUT2D eigenvalue weighted by molar-refractivity contribution is -0.162. The molecule has 7 heteroatoms. The molecule has 2 atom stereocenters. The van der Waals surface area contributed by atoms with E-state index in [2.05, 4.69) is 18.7 Å². The van der Waals surface area contributed by atoms with Crippen LogP contribution >= 0.6 is 11.6 Å². The minimum atomic E-state index is -0.492. The van der Waals surface area contributed by atoms with Crippen LogP contribution in [0.1, 0.15) is 70.8 Å². The van der Waals surface area contributed by atoms with Crippen LogP contribution in [0.2, 0.25) is 5.02 Å². The first kappa shape index (κ1) is 27.4. The minimum Gasteiger partial charge on any atom is -0.376 e. The molecule has 1 saturated carbocycles. The molecule has 1 spiro atoms. The number of benzene rings is 1. The fourth-order valence-electron chi connectivity index (χ4n) is 6.32. The lowest BCUT2D eigenvalue weighted by atomic mass is 9.72.